The van der Waals surface area contributed by atoms with E-state index in [9.17, 15) is 18.3 Å². The highest BCUT2D eigenvalue weighted by atomic mass is 19.4. The molecule has 4 rings (SSSR count). The van der Waals surface area contributed by atoms with Gasteiger partial charge < -0.3 is 15.2 Å². The van der Waals surface area contributed by atoms with Crippen LogP contribution >= 0.6 is 0 Å². The standard InChI is InChI=1S/C21H21F3N4O2/c1-30-14-4-2-3-13(10-14)26-20-17-11-25-8-7-15(17)19(27-28-20)16-6-5-12(9-18(16)29)21(22,23)24/h5-9,11,13-14,29H,2-4,10H2,1H3,(H,26,28)/t13-,14+/m1/s1. The van der Waals surface area contributed by atoms with Gasteiger partial charge in [0, 0.05) is 41.9 Å². The molecule has 1 fully saturated rings. The van der Waals surface area contributed by atoms with Crippen LogP contribution in [0.15, 0.2) is 36.7 Å². The SMILES string of the molecule is CO[C@H]1CCC[C@@H](Nc2nnc(-c3ccc(C(F)(F)F)cc3O)c3ccncc23)C1. The molecule has 0 aliphatic heterocycles. The van der Waals surface area contributed by atoms with Crippen LogP contribution in [0.5, 0.6) is 5.75 Å². The van der Waals surface area contributed by atoms with E-state index in [4.69, 9.17) is 4.74 Å². The molecule has 1 aliphatic rings. The number of phenols is 1. The van der Waals surface area contributed by atoms with Crippen LogP contribution in [0.4, 0.5) is 19.0 Å². The third-order valence-electron chi connectivity index (χ3n) is 5.46. The second-order valence-electron chi connectivity index (χ2n) is 7.41. The molecule has 2 heterocycles. The summed E-state index contributed by atoms with van der Waals surface area (Å²) in [7, 11) is 1.71. The van der Waals surface area contributed by atoms with Crippen LogP contribution in [-0.4, -0.2) is 39.5 Å². The van der Waals surface area contributed by atoms with E-state index in [1.54, 1.807) is 25.6 Å². The van der Waals surface area contributed by atoms with Crippen LogP contribution in [0.3, 0.4) is 0 Å². The van der Waals surface area contributed by atoms with Gasteiger partial charge in [-0.25, -0.2) is 0 Å². The normalized spacial score (nSPS) is 19.7. The summed E-state index contributed by atoms with van der Waals surface area (Å²) < 4.78 is 44.2. The van der Waals surface area contributed by atoms with E-state index in [-0.39, 0.29) is 17.7 Å². The number of nitrogens with one attached hydrogen (secondary N) is 1. The molecule has 1 saturated carbocycles. The number of fused-ring (bicyclic) bond motifs is 1. The molecule has 2 aromatic heterocycles. The molecule has 0 amide bonds. The van der Waals surface area contributed by atoms with Gasteiger partial charge in [-0.2, -0.15) is 13.2 Å². The molecule has 1 aromatic carbocycles. The highest BCUT2D eigenvalue weighted by molar-refractivity contribution is 6.00. The fourth-order valence-corrected chi connectivity index (χ4v) is 3.89. The molecule has 0 spiro atoms. The molecule has 6 nitrogen and oxygen atoms in total. The molecule has 0 saturated heterocycles. The maximum atomic E-state index is 12.9. The molecular formula is C21H21F3N4O2. The predicted molar refractivity (Wildman–Crippen MR) is 106 cm³/mol. The predicted octanol–water partition coefficient (Wildman–Crippen LogP) is 4.79. The fraction of sp³-hybridized carbons (Fsp3) is 0.381. The van der Waals surface area contributed by atoms with E-state index >= 15 is 0 Å². The minimum absolute atomic E-state index is 0.173. The Morgan fingerprint density at radius 3 is 2.70 bits per heavy atom. The zero-order valence-electron chi connectivity index (χ0n) is 16.3. The zero-order valence-corrected chi connectivity index (χ0v) is 16.3. The Balaban J connectivity index is 1.71. The van der Waals surface area contributed by atoms with Crippen molar-refractivity contribution in [1.82, 2.24) is 15.2 Å². The van der Waals surface area contributed by atoms with Gasteiger partial charge in [0.15, 0.2) is 5.82 Å². The van der Waals surface area contributed by atoms with Crippen molar-refractivity contribution in [3.8, 4) is 17.0 Å². The van der Waals surface area contributed by atoms with E-state index in [1.165, 1.54) is 6.07 Å². The second kappa shape index (κ2) is 8.06. The number of hydrogen-bond acceptors (Lipinski definition) is 6. The minimum atomic E-state index is -4.54. The first-order chi connectivity index (χ1) is 14.4. The van der Waals surface area contributed by atoms with Crippen LogP contribution < -0.4 is 5.32 Å². The number of hydrogen-bond donors (Lipinski definition) is 2. The van der Waals surface area contributed by atoms with Gasteiger partial charge in [0.2, 0.25) is 0 Å². The van der Waals surface area contributed by atoms with Crippen molar-refractivity contribution in [2.24, 2.45) is 0 Å². The van der Waals surface area contributed by atoms with Crippen molar-refractivity contribution in [2.75, 3.05) is 12.4 Å². The number of pyridine rings is 1. The smallest absolute Gasteiger partial charge is 0.416 e. The summed E-state index contributed by atoms with van der Waals surface area (Å²) in [4.78, 5) is 4.16. The number of ether oxygens (including phenoxy) is 1. The molecule has 9 heteroatoms. The summed E-state index contributed by atoms with van der Waals surface area (Å²) in [5.41, 5.74) is -0.455. The van der Waals surface area contributed by atoms with Gasteiger partial charge in [-0.3, -0.25) is 4.98 Å². The van der Waals surface area contributed by atoms with Crippen LogP contribution in [0.25, 0.3) is 22.0 Å². The Kier molecular flexibility index (Phi) is 5.46. The highest BCUT2D eigenvalue weighted by Gasteiger charge is 2.31. The number of alkyl halides is 3. The minimum Gasteiger partial charge on any atom is -0.507 e. The Bertz CT molecular complexity index is 1060. The average Bonchev–Trinajstić information content (AvgIpc) is 2.74. The lowest BCUT2D eigenvalue weighted by Gasteiger charge is -2.29. The summed E-state index contributed by atoms with van der Waals surface area (Å²) in [6.07, 6.45) is 2.74. The molecule has 3 aromatic rings. The van der Waals surface area contributed by atoms with Crippen LogP contribution in [-0.2, 0) is 10.9 Å². The molecule has 0 radical (unpaired) electrons. The van der Waals surface area contributed by atoms with Gasteiger partial charge in [0.05, 0.1) is 11.7 Å². The molecular weight excluding hydrogens is 397 g/mol. The van der Waals surface area contributed by atoms with Crippen molar-refractivity contribution in [3.05, 3.63) is 42.2 Å². The van der Waals surface area contributed by atoms with Crippen molar-refractivity contribution in [3.63, 3.8) is 0 Å². The van der Waals surface area contributed by atoms with Crippen molar-refractivity contribution in [2.45, 2.75) is 44.0 Å². The lowest BCUT2D eigenvalue weighted by Crippen LogP contribution is -2.31. The van der Waals surface area contributed by atoms with Crippen LogP contribution in [0, 0.1) is 0 Å². The molecule has 2 atom stereocenters. The molecule has 1 aliphatic carbocycles. The number of nitrogens with zero attached hydrogens (tertiary/aromatic N) is 3. The van der Waals surface area contributed by atoms with Gasteiger partial charge in [0.1, 0.15) is 11.4 Å². The first kappa shape index (κ1) is 20.3. The molecule has 30 heavy (non-hydrogen) atoms. The average molecular weight is 418 g/mol. The topological polar surface area (TPSA) is 80.2 Å². The van der Waals surface area contributed by atoms with Crippen molar-refractivity contribution < 1.29 is 23.0 Å². The lowest BCUT2D eigenvalue weighted by molar-refractivity contribution is -0.137. The monoisotopic (exact) mass is 418 g/mol. The number of phenolic OH excluding ortho intramolecular Hbond substituents is 1. The van der Waals surface area contributed by atoms with Crippen LogP contribution in [0.1, 0.15) is 31.2 Å². The third-order valence-corrected chi connectivity index (χ3v) is 5.46. The zero-order chi connectivity index (χ0) is 21.3. The lowest BCUT2D eigenvalue weighted by atomic mass is 9.92. The van der Waals surface area contributed by atoms with E-state index in [2.05, 4.69) is 20.5 Å². The second-order valence-corrected chi connectivity index (χ2v) is 7.41. The number of aromatic nitrogens is 3. The molecule has 2 N–H and O–H groups in total. The number of benzene rings is 1. The maximum Gasteiger partial charge on any atom is 0.416 e. The first-order valence-electron chi connectivity index (χ1n) is 9.67. The largest absolute Gasteiger partial charge is 0.507 e. The van der Waals surface area contributed by atoms with Crippen molar-refractivity contribution >= 4 is 16.6 Å². The van der Waals surface area contributed by atoms with Crippen LogP contribution in [0.2, 0.25) is 0 Å². The van der Waals surface area contributed by atoms with E-state index in [0.717, 1.165) is 31.7 Å². The summed E-state index contributed by atoms with van der Waals surface area (Å²) >= 11 is 0. The Morgan fingerprint density at radius 1 is 1.13 bits per heavy atom. The molecule has 0 unspecified atom stereocenters. The number of aromatic hydroxyl groups is 1. The number of rotatable bonds is 4. The van der Waals surface area contributed by atoms with Gasteiger partial charge in [0.25, 0.3) is 0 Å². The van der Waals surface area contributed by atoms with Gasteiger partial charge in [-0.15, -0.1) is 10.2 Å². The Labute approximate surface area is 171 Å². The fourth-order valence-electron chi connectivity index (χ4n) is 3.89. The number of halogens is 3. The van der Waals surface area contributed by atoms with E-state index < -0.39 is 17.5 Å². The highest BCUT2D eigenvalue weighted by Crippen LogP contribution is 2.38. The summed E-state index contributed by atoms with van der Waals surface area (Å²) in [6.45, 7) is 0. The summed E-state index contributed by atoms with van der Waals surface area (Å²) in [5, 5.41) is 23.5. The third kappa shape index (κ3) is 4.02. The number of anilines is 1. The quantitative estimate of drug-likeness (QED) is 0.634. The summed E-state index contributed by atoms with van der Waals surface area (Å²) in [6, 6.07) is 4.71. The molecule has 0 bridgehead atoms. The first-order valence-corrected chi connectivity index (χ1v) is 9.67. The van der Waals surface area contributed by atoms with Crippen molar-refractivity contribution in [1.29, 1.82) is 0 Å². The Hall–Kier alpha value is -2.94. The van der Waals surface area contributed by atoms with Gasteiger partial charge in [-0.05, 0) is 49.9 Å². The maximum absolute atomic E-state index is 12.9. The van der Waals surface area contributed by atoms with E-state index in [0.29, 0.717) is 28.4 Å². The van der Waals surface area contributed by atoms with E-state index in [1.807, 2.05) is 0 Å². The van der Waals surface area contributed by atoms with Gasteiger partial charge in [-0.1, -0.05) is 0 Å². The number of methoxy groups -OCH3 is 1. The Morgan fingerprint density at radius 2 is 1.97 bits per heavy atom. The summed E-state index contributed by atoms with van der Waals surface area (Å²) in [5.74, 6) is 0.0446. The molecule has 158 valence electrons. The van der Waals surface area contributed by atoms with Gasteiger partial charge >= 0.3 is 6.18 Å².